The summed E-state index contributed by atoms with van der Waals surface area (Å²) in [7, 11) is 0.672. The number of aryl methyl sites for hydroxylation is 1. The summed E-state index contributed by atoms with van der Waals surface area (Å²) < 4.78 is 13.1. The highest BCUT2D eigenvalue weighted by Crippen LogP contribution is 2.65. The summed E-state index contributed by atoms with van der Waals surface area (Å²) in [5.41, 5.74) is 10.2. The van der Waals surface area contributed by atoms with Gasteiger partial charge in [0.15, 0.2) is 0 Å². The molecule has 3 saturated carbocycles. The van der Waals surface area contributed by atoms with Crippen molar-refractivity contribution >= 4 is 42.6 Å². The summed E-state index contributed by atoms with van der Waals surface area (Å²) in [6, 6.07) is 19.6. The van der Waals surface area contributed by atoms with Gasteiger partial charge in [-0.15, -0.1) is 0 Å². The predicted octanol–water partition coefficient (Wildman–Crippen LogP) is 6.27. The van der Waals surface area contributed by atoms with Crippen LogP contribution < -0.4 is 32.3 Å². The molecule has 416 valence electrons. The van der Waals surface area contributed by atoms with E-state index in [1.165, 1.54) is 48.7 Å². The Hall–Kier alpha value is -6.76. The van der Waals surface area contributed by atoms with Crippen molar-refractivity contribution in [1.29, 1.82) is 0 Å². The SMILES string of the molecule is CCCCc1ccc(-c2ccc(C(=O)NC[C@@H](C)C(=O)N[C@@H](CCCCN)C(=O)N(C)[C@@H]3C(=O)N[C@@H](C)C(=O)N[C@H](C(=O)N[C@@H](C)B4OC5C[C@@H]6C[C@@H](C6(C)C)[C@]5(C)O4)Cc4ccc(O)c(c4)-c4cc3ccc4O)cc2)cc1. The van der Waals surface area contributed by atoms with E-state index >= 15 is 0 Å². The van der Waals surface area contributed by atoms with Crippen molar-refractivity contribution in [2.24, 2.45) is 28.9 Å². The highest BCUT2D eigenvalue weighted by molar-refractivity contribution is 6.47. The number of likely N-dealkylation sites (N-methyl/N-ethyl adjacent to an activating group) is 1. The van der Waals surface area contributed by atoms with E-state index in [2.05, 4.69) is 78.5 Å². The van der Waals surface area contributed by atoms with Crippen LogP contribution in [0.2, 0.25) is 0 Å². The van der Waals surface area contributed by atoms with E-state index in [0.717, 1.165) is 43.2 Å². The quantitative estimate of drug-likeness (QED) is 0.0407. The van der Waals surface area contributed by atoms with Crippen molar-refractivity contribution < 1.29 is 48.3 Å². The van der Waals surface area contributed by atoms with Gasteiger partial charge >= 0.3 is 7.12 Å². The lowest BCUT2D eigenvalue weighted by atomic mass is 9.43. The number of carbonyl (C=O) groups is 6. The average molecular weight is 1070 g/mol. The van der Waals surface area contributed by atoms with Gasteiger partial charge in [0.1, 0.15) is 35.7 Å². The molecule has 9 rings (SSSR count). The number of nitrogens with zero attached hydrogens (tertiary/aromatic N) is 1. The zero-order valence-corrected chi connectivity index (χ0v) is 46.3. The molecular weight excluding hydrogens is 990 g/mol. The van der Waals surface area contributed by atoms with Crippen LogP contribution in [0, 0.1) is 23.2 Å². The first-order valence-corrected chi connectivity index (χ1v) is 27.8. The van der Waals surface area contributed by atoms with Crippen molar-refractivity contribution in [3.8, 4) is 33.8 Å². The standard InChI is InChI=1S/C60H78BN7O10/c1-9-10-13-37-15-18-39(19-16-37)40-20-22-41(23-21-40)55(73)63-33-34(2)53(71)66-46(14-11-12-27-62)58(76)68(8)52-42-24-26-49(70)45(30-42)44-28-38(17-25-48(44)69)29-47(67-54(72)35(3)64-57(52)75)56(74)65-36(4)61-77-51-32-43-31-50(59(43,5)6)60(51,7)78-61/h15-26,28,30,34-36,43,46-47,50-52,69-70H,9-14,27,29,31-33,62H2,1-8H3,(H,63,73)(H,64,75)(H,65,74)(H,66,71)(H,67,72)/t34-,35+,36+,43+,46+,47+,50+,51?,52+,60+/m1/s1. The van der Waals surface area contributed by atoms with Crippen LogP contribution in [0.5, 0.6) is 11.5 Å². The van der Waals surface area contributed by atoms with Gasteiger partial charge in [-0.25, -0.2) is 0 Å². The highest BCUT2D eigenvalue weighted by atomic mass is 16.7. The van der Waals surface area contributed by atoms with Crippen molar-refractivity contribution in [1.82, 2.24) is 31.5 Å². The fourth-order valence-electron chi connectivity index (χ4n) is 12.0. The van der Waals surface area contributed by atoms with E-state index in [0.29, 0.717) is 42.3 Å². The maximum atomic E-state index is 14.8. The number of nitrogens with one attached hydrogen (secondary N) is 5. The summed E-state index contributed by atoms with van der Waals surface area (Å²) in [5, 5.41) is 36.9. The zero-order chi connectivity index (χ0) is 56.2. The van der Waals surface area contributed by atoms with Crippen LogP contribution in [0.4, 0.5) is 0 Å². The van der Waals surface area contributed by atoms with Crippen molar-refractivity contribution in [3.63, 3.8) is 0 Å². The number of fused-ring (bicyclic) bond motifs is 5. The number of benzene rings is 4. The normalized spacial score (nSPS) is 24.4. The summed E-state index contributed by atoms with van der Waals surface area (Å²) in [6.07, 6.45) is 6.22. The smallest absolute Gasteiger partial charge is 0.481 e. The van der Waals surface area contributed by atoms with Gasteiger partial charge in [0.2, 0.25) is 29.5 Å². The Bertz CT molecular complexity index is 2870. The number of nitrogens with two attached hydrogens (primary N) is 1. The van der Waals surface area contributed by atoms with Gasteiger partial charge in [-0.05, 0) is 154 Å². The lowest BCUT2D eigenvalue weighted by molar-refractivity contribution is -0.199. The van der Waals surface area contributed by atoms with Gasteiger partial charge in [0, 0.05) is 36.7 Å². The van der Waals surface area contributed by atoms with E-state index in [4.69, 9.17) is 15.0 Å². The van der Waals surface area contributed by atoms with Gasteiger partial charge in [-0.2, -0.15) is 0 Å². The van der Waals surface area contributed by atoms with Crippen LogP contribution in [0.25, 0.3) is 22.3 Å². The maximum absolute atomic E-state index is 14.8. The number of hydrogen-bond donors (Lipinski definition) is 8. The minimum atomic E-state index is -1.45. The van der Waals surface area contributed by atoms with Crippen LogP contribution in [-0.4, -0.2) is 114 Å². The van der Waals surface area contributed by atoms with E-state index in [9.17, 15) is 39.0 Å². The van der Waals surface area contributed by atoms with Crippen molar-refractivity contribution in [3.05, 3.63) is 107 Å². The molecule has 5 aliphatic rings. The number of aromatic hydroxyl groups is 2. The molecule has 9 N–H and O–H groups in total. The van der Waals surface area contributed by atoms with E-state index in [1.807, 2.05) is 12.1 Å². The van der Waals surface area contributed by atoms with E-state index < -0.39 is 78.3 Å². The second-order valence-corrected chi connectivity index (χ2v) is 22.9. The third kappa shape index (κ3) is 12.3. The second-order valence-electron chi connectivity index (χ2n) is 22.9. The van der Waals surface area contributed by atoms with Gasteiger partial charge < -0.3 is 56.7 Å². The molecule has 2 aliphatic heterocycles. The molecule has 1 saturated heterocycles. The minimum absolute atomic E-state index is 0.0333. The first-order valence-electron chi connectivity index (χ1n) is 27.8. The molecule has 0 spiro atoms. The highest BCUT2D eigenvalue weighted by Gasteiger charge is 2.68. The average Bonchev–Trinajstić information content (AvgIpc) is 3.77. The van der Waals surface area contributed by atoms with Crippen molar-refractivity contribution in [2.45, 2.75) is 148 Å². The number of phenols is 2. The summed E-state index contributed by atoms with van der Waals surface area (Å²) in [4.78, 5) is 86.3. The van der Waals surface area contributed by atoms with Gasteiger partial charge in [-0.3, -0.25) is 28.8 Å². The Labute approximate surface area is 458 Å². The lowest BCUT2D eigenvalue weighted by Crippen LogP contribution is -2.65. The molecule has 0 aromatic heterocycles. The van der Waals surface area contributed by atoms with E-state index in [1.54, 1.807) is 38.1 Å². The minimum Gasteiger partial charge on any atom is -0.507 e. The first kappa shape index (κ1) is 57.4. The topological polar surface area (TPSA) is 251 Å². The van der Waals surface area contributed by atoms with Crippen LogP contribution in [-0.2, 0) is 46.1 Å². The Morgan fingerprint density at radius 2 is 1.51 bits per heavy atom. The number of rotatable bonds is 18. The first-order chi connectivity index (χ1) is 37.1. The number of phenolic OH excluding ortho intramolecular Hbond substituents is 2. The number of carbonyl (C=O) groups excluding carboxylic acids is 6. The monoisotopic (exact) mass is 1070 g/mol. The predicted molar refractivity (Wildman–Crippen MR) is 298 cm³/mol. The molecule has 78 heavy (non-hydrogen) atoms. The molecule has 4 aromatic rings. The maximum Gasteiger partial charge on any atom is 0.481 e. The molecule has 17 nitrogen and oxygen atoms in total. The van der Waals surface area contributed by atoms with Crippen LogP contribution >= 0.6 is 0 Å². The third-order valence-electron chi connectivity index (χ3n) is 17.1. The molecule has 0 radical (unpaired) electrons. The molecule has 4 fully saturated rings. The van der Waals surface area contributed by atoms with Crippen LogP contribution in [0.15, 0.2) is 84.9 Å². The molecule has 3 aliphatic carbocycles. The van der Waals surface area contributed by atoms with E-state index in [-0.39, 0.29) is 65.0 Å². The fraction of sp³-hybridized carbons (Fsp3) is 0.500. The molecule has 1 unspecified atom stereocenters. The zero-order valence-electron chi connectivity index (χ0n) is 46.3. The summed E-state index contributed by atoms with van der Waals surface area (Å²) in [5.74, 6) is -4.53. The largest absolute Gasteiger partial charge is 0.507 e. The van der Waals surface area contributed by atoms with Crippen LogP contribution in [0.3, 0.4) is 0 Å². The lowest BCUT2D eigenvalue weighted by Gasteiger charge is -2.64. The molecule has 18 heteroatoms. The van der Waals surface area contributed by atoms with Crippen molar-refractivity contribution in [2.75, 3.05) is 20.1 Å². The molecule has 2 heterocycles. The summed E-state index contributed by atoms with van der Waals surface area (Å²) >= 11 is 0. The molecule has 10 atom stereocenters. The van der Waals surface area contributed by atoms with Gasteiger partial charge in [0.25, 0.3) is 5.91 Å². The fourth-order valence-corrected chi connectivity index (χ4v) is 12.0. The Morgan fingerprint density at radius 1 is 0.846 bits per heavy atom. The molecule has 6 amide bonds. The molecule has 4 aromatic carbocycles. The number of hydrogen-bond acceptors (Lipinski definition) is 11. The number of unbranched alkanes of at least 4 members (excludes halogenated alkanes) is 2. The van der Waals surface area contributed by atoms with Gasteiger partial charge in [-0.1, -0.05) is 82.6 Å². The molecule has 6 bridgehead atoms. The third-order valence-corrected chi connectivity index (χ3v) is 17.1. The van der Waals surface area contributed by atoms with Crippen LogP contribution in [0.1, 0.15) is 127 Å². The summed E-state index contributed by atoms with van der Waals surface area (Å²) in [6.45, 7) is 14.0. The Kier molecular flexibility index (Phi) is 17.7. The molecular formula is C60H78BN7O10. The Morgan fingerprint density at radius 3 is 2.18 bits per heavy atom. The second kappa shape index (κ2) is 24.1. The number of amides is 6. The van der Waals surface area contributed by atoms with Gasteiger partial charge in [0.05, 0.1) is 23.6 Å². The Balaban J connectivity index is 0.971.